The van der Waals surface area contributed by atoms with Crippen molar-refractivity contribution >= 4 is 34.7 Å². The van der Waals surface area contributed by atoms with E-state index in [9.17, 15) is 14.7 Å². The first-order valence-corrected chi connectivity index (χ1v) is 15.8. The third-order valence-electron chi connectivity index (χ3n) is 7.82. The Morgan fingerprint density at radius 3 is 2.16 bits per heavy atom. The van der Waals surface area contributed by atoms with E-state index in [0.29, 0.717) is 24.2 Å². The molecule has 1 aromatic heterocycles. The Balaban J connectivity index is 1.42. The molecule has 4 aromatic rings. The van der Waals surface area contributed by atoms with Crippen LogP contribution in [0.4, 0.5) is 11.4 Å². The minimum Gasteiger partial charge on any atom is -0.481 e. The Labute approximate surface area is 263 Å². The molecule has 1 heterocycles. The highest BCUT2D eigenvalue weighted by atomic mass is 32.1. The average Bonchev–Trinajstić information content (AvgIpc) is 3.48. The second-order valence-electron chi connectivity index (χ2n) is 11.2. The Morgan fingerprint density at radius 2 is 1.57 bits per heavy atom. The van der Waals surface area contributed by atoms with E-state index in [1.54, 1.807) is 17.4 Å². The lowest BCUT2D eigenvalue weighted by Crippen LogP contribution is -2.30. The minimum atomic E-state index is -1.19. The fourth-order valence-electron chi connectivity index (χ4n) is 5.25. The summed E-state index contributed by atoms with van der Waals surface area (Å²) in [5.74, 6) is -1.73. The molecule has 8 nitrogen and oxygen atoms in total. The zero-order chi connectivity index (χ0) is 31.8. The zero-order valence-electron chi connectivity index (χ0n) is 26.0. The second-order valence-corrected chi connectivity index (χ2v) is 12.1. The van der Waals surface area contributed by atoms with Gasteiger partial charge in [0.1, 0.15) is 16.3 Å². The summed E-state index contributed by atoms with van der Waals surface area (Å²) in [6, 6.07) is 22.6. The van der Waals surface area contributed by atoms with Gasteiger partial charge < -0.3 is 24.7 Å². The maximum atomic E-state index is 11.7. The number of benzene rings is 3. The van der Waals surface area contributed by atoms with Crippen molar-refractivity contribution in [2.24, 2.45) is 0 Å². The van der Waals surface area contributed by atoms with Crippen LogP contribution in [-0.4, -0.2) is 46.8 Å². The highest BCUT2D eigenvalue weighted by Gasteiger charge is 2.17. The molecule has 3 aromatic carbocycles. The average molecular weight is 616 g/mol. The highest BCUT2D eigenvalue weighted by Crippen LogP contribution is 2.30. The lowest BCUT2D eigenvalue weighted by atomic mass is 9.94. The van der Waals surface area contributed by atoms with Crippen molar-refractivity contribution in [2.45, 2.75) is 65.6 Å². The van der Waals surface area contributed by atoms with Crippen LogP contribution in [0.25, 0.3) is 11.3 Å². The van der Waals surface area contributed by atoms with Crippen LogP contribution in [0.1, 0.15) is 72.9 Å². The van der Waals surface area contributed by atoms with E-state index in [4.69, 9.17) is 14.8 Å². The van der Waals surface area contributed by atoms with Gasteiger partial charge >= 0.3 is 11.9 Å². The fraction of sp³-hybridized carbons (Fsp3) is 0.343. The maximum absolute atomic E-state index is 11.7. The molecular formula is C35H41N3O5S. The molecular weight excluding hydrogens is 574 g/mol. The standard InChI is InChI=1S/C35H41N3O5S/c1-6-25(7-2)26-12-14-28(15-13-26)38(23(3)4)19-24-8-10-27(11-9-24)31-22-44-33(36-31)20-37(5)29-16-17-32(43-21-34(39)40)30(18-29)35(41)42/h8-18,22-23,25H,6-7,19-21H2,1-5H3,(H,39,40)(H,41,42). The smallest absolute Gasteiger partial charge is 0.341 e. The normalized spacial score (nSPS) is 11.2. The molecule has 0 radical (unpaired) electrons. The van der Waals surface area contributed by atoms with Crippen LogP contribution in [0.15, 0.2) is 72.1 Å². The molecule has 0 spiro atoms. The molecule has 0 saturated heterocycles. The molecule has 2 N–H and O–H groups in total. The van der Waals surface area contributed by atoms with Crippen molar-refractivity contribution in [1.29, 1.82) is 0 Å². The lowest BCUT2D eigenvalue weighted by molar-refractivity contribution is -0.139. The molecule has 9 heteroatoms. The predicted octanol–water partition coefficient (Wildman–Crippen LogP) is 7.93. The first kappa shape index (κ1) is 32.5. The lowest BCUT2D eigenvalue weighted by Gasteiger charge is -2.30. The van der Waals surface area contributed by atoms with Crippen molar-refractivity contribution in [3.63, 3.8) is 0 Å². The van der Waals surface area contributed by atoms with Crippen molar-refractivity contribution in [1.82, 2.24) is 4.98 Å². The maximum Gasteiger partial charge on any atom is 0.341 e. The third kappa shape index (κ3) is 8.17. The van der Waals surface area contributed by atoms with E-state index in [0.717, 1.165) is 35.7 Å². The van der Waals surface area contributed by atoms with Gasteiger partial charge in [-0.05, 0) is 74.1 Å². The summed E-state index contributed by atoms with van der Waals surface area (Å²) in [4.78, 5) is 31.7. The van der Waals surface area contributed by atoms with Crippen molar-refractivity contribution < 1.29 is 24.5 Å². The Kier molecular flexibility index (Phi) is 11.0. The number of nitrogens with zero attached hydrogens (tertiary/aromatic N) is 3. The number of hydrogen-bond acceptors (Lipinski definition) is 7. The van der Waals surface area contributed by atoms with E-state index in [2.05, 4.69) is 81.1 Å². The number of aliphatic carboxylic acids is 1. The van der Waals surface area contributed by atoms with Crippen LogP contribution in [0.5, 0.6) is 5.75 Å². The van der Waals surface area contributed by atoms with E-state index in [1.165, 1.54) is 28.9 Å². The van der Waals surface area contributed by atoms with Gasteiger partial charge in [-0.2, -0.15) is 0 Å². The van der Waals surface area contributed by atoms with Crippen LogP contribution in [-0.2, 0) is 17.9 Å². The number of rotatable bonds is 15. The fourth-order valence-corrected chi connectivity index (χ4v) is 6.10. The summed E-state index contributed by atoms with van der Waals surface area (Å²) < 4.78 is 5.14. The molecule has 0 unspecified atom stereocenters. The second kappa shape index (κ2) is 14.9. The highest BCUT2D eigenvalue weighted by molar-refractivity contribution is 7.10. The van der Waals surface area contributed by atoms with Gasteiger partial charge in [0.05, 0.1) is 12.2 Å². The first-order chi connectivity index (χ1) is 21.1. The van der Waals surface area contributed by atoms with E-state index >= 15 is 0 Å². The summed E-state index contributed by atoms with van der Waals surface area (Å²) in [5, 5.41) is 21.4. The Hall–Kier alpha value is -4.37. The zero-order valence-corrected chi connectivity index (χ0v) is 26.8. The van der Waals surface area contributed by atoms with Gasteiger partial charge in [0.2, 0.25) is 0 Å². The van der Waals surface area contributed by atoms with E-state index in [-0.39, 0.29) is 11.3 Å². The van der Waals surface area contributed by atoms with Crippen molar-refractivity contribution in [3.05, 3.63) is 93.8 Å². The number of carbonyl (C=O) groups is 2. The van der Waals surface area contributed by atoms with E-state index < -0.39 is 18.5 Å². The minimum absolute atomic E-state index is 0.0172. The molecule has 44 heavy (non-hydrogen) atoms. The summed E-state index contributed by atoms with van der Waals surface area (Å²) >= 11 is 1.55. The molecule has 0 amide bonds. The van der Waals surface area contributed by atoms with Gasteiger partial charge in [0.15, 0.2) is 6.61 Å². The third-order valence-corrected chi connectivity index (χ3v) is 8.65. The van der Waals surface area contributed by atoms with Crippen LogP contribution in [0.3, 0.4) is 0 Å². The largest absolute Gasteiger partial charge is 0.481 e. The van der Waals surface area contributed by atoms with Crippen LogP contribution < -0.4 is 14.5 Å². The number of ether oxygens (including phenoxy) is 1. The van der Waals surface area contributed by atoms with Gasteiger partial charge in [0.25, 0.3) is 0 Å². The molecule has 0 fully saturated rings. The van der Waals surface area contributed by atoms with Crippen molar-refractivity contribution in [3.8, 4) is 17.0 Å². The molecule has 0 saturated carbocycles. The van der Waals surface area contributed by atoms with Crippen molar-refractivity contribution in [2.75, 3.05) is 23.5 Å². The molecule has 4 rings (SSSR count). The van der Waals surface area contributed by atoms with Crippen LogP contribution in [0.2, 0.25) is 0 Å². The topological polar surface area (TPSA) is 103 Å². The predicted molar refractivity (Wildman–Crippen MR) is 177 cm³/mol. The molecule has 0 aliphatic rings. The van der Waals surface area contributed by atoms with Gasteiger partial charge in [0, 0.05) is 42.0 Å². The number of thiazole rings is 1. The van der Waals surface area contributed by atoms with E-state index in [1.807, 2.05) is 17.3 Å². The Bertz CT molecular complexity index is 1550. The van der Waals surface area contributed by atoms with Crippen LogP contribution >= 0.6 is 11.3 Å². The Morgan fingerprint density at radius 1 is 0.909 bits per heavy atom. The van der Waals surface area contributed by atoms with Gasteiger partial charge in [-0.3, -0.25) is 0 Å². The number of carboxylic acids is 2. The monoisotopic (exact) mass is 615 g/mol. The SMILES string of the molecule is CCC(CC)c1ccc(N(Cc2ccc(-c3csc(CN(C)c4ccc(OCC(=O)O)c(C(=O)O)c4)n3)cc2)C(C)C)cc1. The summed E-state index contributed by atoms with van der Waals surface area (Å²) in [7, 11) is 1.86. The van der Waals surface area contributed by atoms with Gasteiger partial charge in [-0.25, -0.2) is 14.6 Å². The summed E-state index contributed by atoms with van der Waals surface area (Å²) in [6.45, 7) is 9.63. The molecule has 0 atom stereocenters. The first-order valence-electron chi connectivity index (χ1n) is 14.9. The number of aromatic nitrogens is 1. The molecule has 0 bridgehead atoms. The van der Waals surface area contributed by atoms with Gasteiger partial charge in [-0.15, -0.1) is 11.3 Å². The number of hydrogen-bond donors (Lipinski definition) is 2. The summed E-state index contributed by atoms with van der Waals surface area (Å²) in [6.07, 6.45) is 2.31. The van der Waals surface area contributed by atoms with Gasteiger partial charge in [-0.1, -0.05) is 50.2 Å². The number of anilines is 2. The molecule has 0 aliphatic heterocycles. The quantitative estimate of drug-likeness (QED) is 0.139. The number of carboxylic acid groups (broad SMARTS) is 2. The van der Waals surface area contributed by atoms with Crippen LogP contribution in [0, 0.1) is 0 Å². The molecule has 232 valence electrons. The molecule has 0 aliphatic carbocycles. The summed E-state index contributed by atoms with van der Waals surface area (Å²) in [5.41, 5.74) is 6.36. The number of aromatic carboxylic acids is 1.